The highest BCUT2D eigenvalue weighted by molar-refractivity contribution is 6.32. The normalized spacial score (nSPS) is 28.5. The standard InChI is InChI=1S/C37H39N3O7/c1-39(2)23-14-12-20(13-15-23)24-16-21(11-10-19-8-6-5-7-9-19)31(41)28-25(24)17-22-18-26-30(40(3)4)33(43)29(36(38)46)35(45)37(26,47)34(44)27(22)32(28)42/h8,12-16,22,26-27,29-30,41,47H,5-7,9,17-18H2,1-4H3,(H2,38,46)/t22-,26-,27?,29?,30?,37-/m1/s1. The fourth-order valence-electron chi connectivity index (χ4n) is 8.06. The highest BCUT2D eigenvalue weighted by atomic mass is 16.3. The fraction of sp³-hybridized carbons (Fsp3) is 0.432. The van der Waals surface area contributed by atoms with Crippen LogP contribution in [0.25, 0.3) is 11.1 Å². The van der Waals surface area contributed by atoms with Crippen LogP contribution in [0.15, 0.2) is 42.0 Å². The number of aromatic hydroxyl groups is 1. The highest BCUT2D eigenvalue weighted by Crippen LogP contribution is 2.52. The molecule has 3 unspecified atom stereocenters. The van der Waals surface area contributed by atoms with E-state index in [0.717, 1.165) is 42.5 Å². The Labute approximate surface area is 273 Å². The molecule has 0 heterocycles. The molecule has 0 radical (unpaired) electrons. The SMILES string of the molecule is CN(C)c1ccc(-c2cc(C#CC3=CCCCC3)c(O)c3c2C[C@@H]2C[C@@H]4C(N(C)C)C(=O)C(C(N)=O)C(=O)[C@]4(O)C(=O)C2C3=O)cc1. The Hall–Kier alpha value is -4.59. The van der Waals surface area contributed by atoms with Gasteiger partial charge in [0.05, 0.1) is 23.1 Å². The number of rotatable bonds is 4. The number of hydrogen-bond donors (Lipinski definition) is 3. The van der Waals surface area contributed by atoms with Crippen LogP contribution in [0.5, 0.6) is 5.75 Å². The fourth-order valence-corrected chi connectivity index (χ4v) is 8.06. The quantitative estimate of drug-likeness (QED) is 0.338. The minimum Gasteiger partial charge on any atom is -0.506 e. The van der Waals surface area contributed by atoms with E-state index in [-0.39, 0.29) is 29.7 Å². The van der Waals surface area contributed by atoms with Crippen molar-refractivity contribution >= 4 is 34.7 Å². The first-order valence-electron chi connectivity index (χ1n) is 16.0. The van der Waals surface area contributed by atoms with Gasteiger partial charge in [-0.1, -0.05) is 30.0 Å². The Bertz CT molecular complexity index is 1810. The summed E-state index contributed by atoms with van der Waals surface area (Å²) >= 11 is 0. The van der Waals surface area contributed by atoms with E-state index >= 15 is 0 Å². The molecule has 4 aliphatic rings. The minimum absolute atomic E-state index is 0.0145. The number of nitrogens with zero attached hydrogens (tertiary/aromatic N) is 2. The number of hydrogen-bond acceptors (Lipinski definition) is 9. The summed E-state index contributed by atoms with van der Waals surface area (Å²) in [7, 11) is 6.99. The number of primary amides is 1. The van der Waals surface area contributed by atoms with Crippen LogP contribution in [0.2, 0.25) is 0 Å². The van der Waals surface area contributed by atoms with E-state index in [9.17, 15) is 34.2 Å². The number of likely N-dealkylation sites (N-methyl/N-ethyl adjacent to an activating group) is 1. The number of benzene rings is 2. The number of anilines is 1. The number of carbonyl (C=O) groups excluding carboxylic acids is 5. The van der Waals surface area contributed by atoms with Crippen molar-refractivity contribution in [3.8, 4) is 28.7 Å². The Morgan fingerprint density at radius 3 is 2.30 bits per heavy atom. The van der Waals surface area contributed by atoms with Crippen molar-refractivity contribution in [3.05, 3.63) is 58.7 Å². The minimum atomic E-state index is -2.78. The summed E-state index contributed by atoms with van der Waals surface area (Å²) in [6.45, 7) is 0. The molecule has 10 nitrogen and oxygen atoms in total. The summed E-state index contributed by atoms with van der Waals surface area (Å²) in [4.78, 5) is 71.5. The Kier molecular flexibility index (Phi) is 8.19. The molecule has 2 aromatic rings. The predicted octanol–water partition coefficient (Wildman–Crippen LogP) is 2.45. The zero-order valence-corrected chi connectivity index (χ0v) is 27.0. The van der Waals surface area contributed by atoms with E-state index in [1.165, 1.54) is 4.90 Å². The lowest BCUT2D eigenvalue weighted by Gasteiger charge is -2.52. The molecule has 0 saturated heterocycles. The first kappa shape index (κ1) is 32.4. The number of phenolic OH excluding ortho intramolecular Hbond substituents is 1. The maximum Gasteiger partial charge on any atom is 0.235 e. The molecule has 6 atom stereocenters. The van der Waals surface area contributed by atoms with Gasteiger partial charge in [0.2, 0.25) is 5.91 Å². The summed E-state index contributed by atoms with van der Waals surface area (Å²) in [6, 6.07) is 8.36. The van der Waals surface area contributed by atoms with E-state index in [4.69, 9.17) is 5.73 Å². The van der Waals surface area contributed by atoms with E-state index in [0.29, 0.717) is 11.1 Å². The Balaban J connectivity index is 1.52. The monoisotopic (exact) mass is 637 g/mol. The van der Waals surface area contributed by atoms with Crippen molar-refractivity contribution in [1.82, 2.24) is 4.90 Å². The van der Waals surface area contributed by atoms with Crippen LogP contribution < -0.4 is 10.6 Å². The topological polar surface area (TPSA) is 158 Å². The van der Waals surface area contributed by atoms with Gasteiger partial charge in [0.1, 0.15) is 5.75 Å². The van der Waals surface area contributed by atoms with Gasteiger partial charge < -0.3 is 20.8 Å². The smallest absolute Gasteiger partial charge is 0.235 e. The van der Waals surface area contributed by atoms with Crippen molar-refractivity contribution < 1.29 is 34.2 Å². The number of Topliss-reactive ketones (excluding diaryl/α,β-unsaturated/α-hetero) is 4. The van der Waals surface area contributed by atoms with Crippen LogP contribution in [0.1, 0.15) is 53.6 Å². The van der Waals surface area contributed by atoms with E-state index < -0.39 is 64.4 Å². The lowest BCUT2D eigenvalue weighted by molar-refractivity contribution is -0.181. The van der Waals surface area contributed by atoms with Crippen molar-refractivity contribution in [2.24, 2.45) is 29.4 Å². The lowest BCUT2D eigenvalue weighted by atomic mass is 9.52. The molecule has 2 fully saturated rings. The molecule has 0 bridgehead atoms. The number of phenols is 1. The van der Waals surface area contributed by atoms with Crippen LogP contribution in [-0.4, -0.2) is 84.0 Å². The third-order valence-electron chi connectivity index (χ3n) is 10.4. The number of aliphatic hydroxyl groups is 1. The molecule has 2 aromatic carbocycles. The number of fused-ring (bicyclic) bond motifs is 3. The largest absolute Gasteiger partial charge is 0.506 e. The molecular formula is C37H39N3O7. The van der Waals surface area contributed by atoms with Crippen LogP contribution in [0.3, 0.4) is 0 Å². The summed E-state index contributed by atoms with van der Waals surface area (Å²) in [6.07, 6.45) is 6.09. The molecule has 0 spiro atoms. The molecule has 10 heteroatoms. The van der Waals surface area contributed by atoms with Crippen LogP contribution >= 0.6 is 0 Å². The third kappa shape index (κ3) is 5.09. The first-order chi connectivity index (χ1) is 22.3. The third-order valence-corrected chi connectivity index (χ3v) is 10.4. The zero-order valence-electron chi connectivity index (χ0n) is 27.0. The first-order valence-corrected chi connectivity index (χ1v) is 16.0. The number of ketones is 4. The van der Waals surface area contributed by atoms with Gasteiger partial charge in [-0.05, 0) is 99.0 Å². The van der Waals surface area contributed by atoms with Gasteiger partial charge in [-0.3, -0.25) is 28.9 Å². The molecule has 0 aliphatic heterocycles. The maximum absolute atomic E-state index is 14.4. The molecule has 244 valence electrons. The number of nitrogens with two attached hydrogens (primary N) is 1. The van der Waals surface area contributed by atoms with E-state index in [1.54, 1.807) is 20.2 Å². The molecule has 6 rings (SSSR count). The number of amides is 1. The second-order valence-electron chi connectivity index (χ2n) is 13.6. The van der Waals surface area contributed by atoms with Gasteiger partial charge in [-0.2, -0.15) is 0 Å². The lowest BCUT2D eigenvalue weighted by Crippen LogP contribution is -2.74. The van der Waals surface area contributed by atoms with Gasteiger partial charge in [0.25, 0.3) is 0 Å². The van der Waals surface area contributed by atoms with Gasteiger partial charge in [-0.15, -0.1) is 0 Å². The van der Waals surface area contributed by atoms with Gasteiger partial charge in [-0.25, -0.2) is 0 Å². The Morgan fingerprint density at radius 2 is 1.70 bits per heavy atom. The van der Waals surface area contributed by atoms with Gasteiger partial charge in [0.15, 0.2) is 34.7 Å². The molecule has 1 amide bonds. The van der Waals surface area contributed by atoms with E-state index in [2.05, 4.69) is 17.9 Å². The highest BCUT2D eigenvalue weighted by Gasteiger charge is 2.69. The van der Waals surface area contributed by atoms with Crippen LogP contribution in [0, 0.1) is 35.5 Å². The van der Waals surface area contributed by atoms with Crippen molar-refractivity contribution in [1.29, 1.82) is 0 Å². The van der Waals surface area contributed by atoms with Crippen molar-refractivity contribution in [2.75, 3.05) is 33.1 Å². The average Bonchev–Trinajstić information content (AvgIpc) is 3.02. The molecule has 2 saturated carbocycles. The molecule has 4 N–H and O–H groups in total. The van der Waals surface area contributed by atoms with Crippen LogP contribution in [-0.2, 0) is 25.6 Å². The number of allylic oxidation sites excluding steroid dienone is 2. The summed E-state index contributed by atoms with van der Waals surface area (Å²) in [5, 5.41) is 23.5. The number of carbonyl (C=O) groups is 5. The molecule has 47 heavy (non-hydrogen) atoms. The molecular weight excluding hydrogens is 598 g/mol. The van der Waals surface area contributed by atoms with Gasteiger partial charge >= 0.3 is 0 Å². The van der Waals surface area contributed by atoms with E-state index in [1.807, 2.05) is 43.3 Å². The predicted molar refractivity (Wildman–Crippen MR) is 175 cm³/mol. The van der Waals surface area contributed by atoms with Gasteiger partial charge in [0, 0.05) is 25.7 Å². The van der Waals surface area contributed by atoms with Crippen LogP contribution in [0.4, 0.5) is 5.69 Å². The molecule has 0 aromatic heterocycles. The zero-order chi connectivity index (χ0) is 33.9. The summed E-state index contributed by atoms with van der Waals surface area (Å²) in [5.41, 5.74) is 6.76. The maximum atomic E-state index is 14.4. The van der Waals surface area contributed by atoms with Crippen molar-refractivity contribution in [3.63, 3.8) is 0 Å². The molecule has 4 aliphatic carbocycles. The summed E-state index contributed by atoms with van der Waals surface area (Å²) in [5.74, 6) is -4.60. The second-order valence-corrected chi connectivity index (χ2v) is 13.6. The van der Waals surface area contributed by atoms with Crippen molar-refractivity contribution in [2.45, 2.75) is 50.2 Å². The average molecular weight is 638 g/mol. The Morgan fingerprint density at radius 1 is 1.00 bits per heavy atom. The summed E-state index contributed by atoms with van der Waals surface area (Å²) < 4.78 is 0. The second kappa shape index (κ2) is 11.9.